The zero-order valence-corrected chi connectivity index (χ0v) is 8.65. The van der Waals surface area contributed by atoms with Crippen LogP contribution in [0, 0.1) is 0 Å². The van der Waals surface area contributed by atoms with Crippen molar-refractivity contribution in [1.29, 1.82) is 0 Å². The molecule has 0 aromatic carbocycles. The van der Waals surface area contributed by atoms with Gasteiger partial charge >= 0.3 is 5.97 Å². The normalized spacial score (nSPS) is 10.5. The van der Waals surface area contributed by atoms with Crippen molar-refractivity contribution in [1.82, 2.24) is 4.90 Å². The molecule has 0 bridgehead atoms. The average molecular weight is 203 g/mol. The third-order valence-electron chi connectivity index (χ3n) is 1.74. The molecular weight excluding hydrogens is 186 g/mol. The molecule has 0 unspecified atom stereocenters. The van der Waals surface area contributed by atoms with E-state index in [-0.39, 0.29) is 25.2 Å². The Morgan fingerprint density at radius 1 is 1.36 bits per heavy atom. The number of hydrogen-bond donors (Lipinski definition) is 1. The molecule has 0 radical (unpaired) electrons. The summed E-state index contributed by atoms with van der Waals surface area (Å²) in [4.78, 5) is 23.2. The molecule has 0 rings (SSSR count). The van der Waals surface area contributed by atoms with Crippen LogP contribution in [-0.4, -0.2) is 55.6 Å². The van der Waals surface area contributed by atoms with E-state index in [1.54, 1.807) is 14.2 Å². The fourth-order valence-electron chi connectivity index (χ4n) is 0.953. The lowest BCUT2D eigenvalue weighted by atomic mass is 10.2. The van der Waals surface area contributed by atoms with Gasteiger partial charge in [0.05, 0.1) is 19.6 Å². The maximum atomic E-state index is 11.2. The first-order valence-corrected chi connectivity index (χ1v) is 4.47. The van der Waals surface area contributed by atoms with Gasteiger partial charge < -0.3 is 9.84 Å². The highest BCUT2D eigenvalue weighted by Gasteiger charge is 2.08. The molecule has 5 heteroatoms. The number of methoxy groups -OCH3 is 1. The Labute approximate surface area is 83.6 Å². The van der Waals surface area contributed by atoms with Crippen LogP contribution in [0.25, 0.3) is 0 Å². The number of ketones is 1. The first-order chi connectivity index (χ1) is 6.56. The van der Waals surface area contributed by atoms with Gasteiger partial charge in [-0.2, -0.15) is 0 Å². The number of hydrogen-bond acceptors (Lipinski definition) is 4. The number of Topliss-reactive ketones (excluding diaryl/α,β-unsaturated/α-hetero) is 1. The Balaban J connectivity index is 3.55. The quantitative estimate of drug-likeness (QED) is 0.601. The van der Waals surface area contributed by atoms with E-state index in [1.165, 1.54) is 0 Å². The number of likely N-dealkylation sites (N-methyl/N-ethyl adjacent to an activating group) is 1. The van der Waals surface area contributed by atoms with Gasteiger partial charge in [0.25, 0.3) is 0 Å². The number of carboxylic acid groups (broad SMARTS) is 1. The second-order valence-corrected chi connectivity index (χ2v) is 3.16. The van der Waals surface area contributed by atoms with E-state index in [4.69, 9.17) is 9.84 Å². The summed E-state index contributed by atoms with van der Waals surface area (Å²) in [5.74, 6) is -0.983. The number of carbonyl (C=O) groups is 2. The molecular formula is C9H17NO4. The van der Waals surface area contributed by atoms with Gasteiger partial charge in [0.1, 0.15) is 5.78 Å². The molecule has 0 saturated heterocycles. The summed E-state index contributed by atoms with van der Waals surface area (Å²) in [7, 11) is 3.40. The molecule has 5 nitrogen and oxygen atoms in total. The van der Waals surface area contributed by atoms with Gasteiger partial charge in [0.2, 0.25) is 0 Å². The first-order valence-electron chi connectivity index (χ1n) is 4.47. The Bertz CT molecular complexity index is 193. The van der Waals surface area contributed by atoms with E-state index < -0.39 is 5.97 Å². The Kier molecular flexibility index (Phi) is 6.96. The SMILES string of the molecule is COCCN(C)CC(=O)CCC(=O)O. The first kappa shape index (κ1) is 13.1. The highest BCUT2D eigenvalue weighted by Crippen LogP contribution is 1.93. The van der Waals surface area contributed by atoms with Crippen molar-refractivity contribution < 1.29 is 19.4 Å². The van der Waals surface area contributed by atoms with Crippen LogP contribution in [0.2, 0.25) is 0 Å². The zero-order valence-electron chi connectivity index (χ0n) is 8.65. The molecule has 14 heavy (non-hydrogen) atoms. The van der Waals surface area contributed by atoms with Gasteiger partial charge in [-0.1, -0.05) is 0 Å². The minimum atomic E-state index is -0.933. The summed E-state index contributed by atoms with van der Waals surface area (Å²) in [6, 6.07) is 0. The summed E-state index contributed by atoms with van der Waals surface area (Å²) in [6.45, 7) is 1.54. The molecule has 0 heterocycles. The molecule has 0 spiro atoms. The van der Waals surface area contributed by atoms with E-state index in [9.17, 15) is 9.59 Å². The summed E-state index contributed by atoms with van der Waals surface area (Å²) in [6.07, 6.45) is 0.0175. The molecule has 1 N–H and O–H groups in total. The third-order valence-corrected chi connectivity index (χ3v) is 1.74. The maximum absolute atomic E-state index is 11.2. The lowest BCUT2D eigenvalue weighted by Gasteiger charge is -2.14. The highest BCUT2D eigenvalue weighted by atomic mass is 16.5. The largest absolute Gasteiger partial charge is 0.481 e. The lowest BCUT2D eigenvalue weighted by Crippen LogP contribution is -2.29. The smallest absolute Gasteiger partial charge is 0.303 e. The van der Waals surface area contributed by atoms with Crippen molar-refractivity contribution in [2.75, 3.05) is 33.9 Å². The fraction of sp³-hybridized carbons (Fsp3) is 0.778. The van der Waals surface area contributed by atoms with E-state index in [0.29, 0.717) is 13.2 Å². The summed E-state index contributed by atoms with van der Waals surface area (Å²) < 4.78 is 4.85. The maximum Gasteiger partial charge on any atom is 0.303 e. The van der Waals surface area contributed by atoms with E-state index in [0.717, 1.165) is 0 Å². The van der Waals surface area contributed by atoms with Gasteiger partial charge in [-0.25, -0.2) is 0 Å². The number of ether oxygens (including phenoxy) is 1. The third kappa shape index (κ3) is 7.70. The summed E-state index contributed by atoms with van der Waals surface area (Å²) in [5.41, 5.74) is 0. The van der Waals surface area contributed by atoms with Gasteiger partial charge in [0, 0.05) is 20.1 Å². The van der Waals surface area contributed by atoms with Gasteiger partial charge in [-0.05, 0) is 7.05 Å². The zero-order chi connectivity index (χ0) is 11.0. The van der Waals surface area contributed by atoms with E-state index in [2.05, 4.69) is 0 Å². The van der Waals surface area contributed by atoms with Crippen LogP contribution in [-0.2, 0) is 14.3 Å². The Morgan fingerprint density at radius 2 is 2.00 bits per heavy atom. The van der Waals surface area contributed by atoms with Crippen LogP contribution in [0.1, 0.15) is 12.8 Å². The molecule has 0 aliphatic heterocycles. The van der Waals surface area contributed by atoms with Crippen LogP contribution >= 0.6 is 0 Å². The standard InChI is InChI=1S/C9H17NO4/c1-10(5-6-14-2)7-8(11)3-4-9(12)13/h3-7H2,1-2H3,(H,12,13). The molecule has 0 aliphatic rings. The van der Waals surface area contributed by atoms with Crippen LogP contribution in [0.3, 0.4) is 0 Å². The van der Waals surface area contributed by atoms with Gasteiger partial charge in [0.15, 0.2) is 0 Å². The van der Waals surface area contributed by atoms with Crippen molar-refractivity contribution in [2.45, 2.75) is 12.8 Å². The molecule has 0 aromatic rings. The highest BCUT2D eigenvalue weighted by molar-refractivity contribution is 5.83. The fourth-order valence-corrected chi connectivity index (χ4v) is 0.953. The number of carbonyl (C=O) groups excluding carboxylic acids is 1. The lowest BCUT2D eigenvalue weighted by molar-refractivity contribution is -0.138. The van der Waals surface area contributed by atoms with Crippen molar-refractivity contribution in [3.8, 4) is 0 Å². The average Bonchev–Trinajstić information content (AvgIpc) is 2.11. The number of aliphatic carboxylic acids is 1. The topological polar surface area (TPSA) is 66.8 Å². The number of rotatable bonds is 8. The summed E-state index contributed by atoms with van der Waals surface area (Å²) in [5, 5.41) is 8.35. The molecule has 82 valence electrons. The second kappa shape index (κ2) is 7.46. The van der Waals surface area contributed by atoms with Crippen LogP contribution in [0.5, 0.6) is 0 Å². The van der Waals surface area contributed by atoms with Gasteiger partial charge in [-0.3, -0.25) is 14.5 Å². The number of carboxylic acids is 1. The van der Waals surface area contributed by atoms with Crippen LogP contribution < -0.4 is 0 Å². The van der Waals surface area contributed by atoms with E-state index in [1.807, 2.05) is 4.90 Å². The Hall–Kier alpha value is -0.940. The monoisotopic (exact) mass is 203 g/mol. The van der Waals surface area contributed by atoms with Crippen molar-refractivity contribution >= 4 is 11.8 Å². The predicted octanol–water partition coefficient (Wildman–Crippen LogP) is -0.00150. The second-order valence-electron chi connectivity index (χ2n) is 3.16. The van der Waals surface area contributed by atoms with Crippen LogP contribution in [0.4, 0.5) is 0 Å². The minimum Gasteiger partial charge on any atom is -0.481 e. The molecule has 0 fully saturated rings. The van der Waals surface area contributed by atoms with Crippen molar-refractivity contribution in [3.05, 3.63) is 0 Å². The Morgan fingerprint density at radius 3 is 2.50 bits per heavy atom. The minimum absolute atomic E-state index is 0.0500. The summed E-state index contributed by atoms with van der Waals surface area (Å²) >= 11 is 0. The van der Waals surface area contributed by atoms with Gasteiger partial charge in [-0.15, -0.1) is 0 Å². The molecule has 0 atom stereocenters. The predicted molar refractivity (Wildman–Crippen MR) is 51.2 cm³/mol. The van der Waals surface area contributed by atoms with Crippen molar-refractivity contribution in [2.24, 2.45) is 0 Å². The molecule has 0 saturated carbocycles. The molecule has 0 aliphatic carbocycles. The van der Waals surface area contributed by atoms with Crippen LogP contribution in [0.15, 0.2) is 0 Å². The molecule has 0 aromatic heterocycles. The molecule has 0 amide bonds. The van der Waals surface area contributed by atoms with E-state index >= 15 is 0 Å². The van der Waals surface area contributed by atoms with Crippen molar-refractivity contribution in [3.63, 3.8) is 0 Å². The number of nitrogens with zero attached hydrogens (tertiary/aromatic N) is 1.